The SMILES string of the molecule is CCOc1cccc(CN2CCN(Cc3ccncc3)CC2)n1. The summed E-state index contributed by atoms with van der Waals surface area (Å²) in [5, 5.41) is 0. The van der Waals surface area contributed by atoms with Gasteiger partial charge in [0.25, 0.3) is 0 Å². The Hall–Kier alpha value is -1.98. The summed E-state index contributed by atoms with van der Waals surface area (Å²) in [6.07, 6.45) is 3.73. The van der Waals surface area contributed by atoms with E-state index in [4.69, 9.17) is 4.74 Å². The van der Waals surface area contributed by atoms with Crippen molar-refractivity contribution in [1.82, 2.24) is 19.8 Å². The topological polar surface area (TPSA) is 41.5 Å². The van der Waals surface area contributed by atoms with Gasteiger partial charge in [0.05, 0.1) is 12.3 Å². The summed E-state index contributed by atoms with van der Waals surface area (Å²) in [5.74, 6) is 0.723. The van der Waals surface area contributed by atoms with Gasteiger partial charge in [0.15, 0.2) is 0 Å². The normalized spacial score (nSPS) is 16.4. The highest BCUT2D eigenvalue weighted by Gasteiger charge is 2.17. The van der Waals surface area contributed by atoms with Crippen molar-refractivity contribution < 1.29 is 4.74 Å². The first-order valence-corrected chi connectivity index (χ1v) is 8.26. The van der Waals surface area contributed by atoms with Crippen molar-refractivity contribution in [2.45, 2.75) is 20.0 Å². The fraction of sp³-hybridized carbons (Fsp3) is 0.444. The van der Waals surface area contributed by atoms with E-state index in [1.807, 2.05) is 31.5 Å². The zero-order chi connectivity index (χ0) is 15.9. The number of aromatic nitrogens is 2. The Morgan fingerprint density at radius 2 is 1.65 bits per heavy atom. The van der Waals surface area contributed by atoms with Gasteiger partial charge in [-0.3, -0.25) is 14.8 Å². The monoisotopic (exact) mass is 312 g/mol. The number of rotatable bonds is 6. The molecule has 0 aliphatic carbocycles. The first-order chi connectivity index (χ1) is 11.3. The number of piperazine rings is 1. The van der Waals surface area contributed by atoms with Gasteiger partial charge in [-0.05, 0) is 30.7 Å². The van der Waals surface area contributed by atoms with Gasteiger partial charge in [-0.1, -0.05) is 6.07 Å². The summed E-state index contributed by atoms with van der Waals surface area (Å²) in [5.41, 5.74) is 2.41. The predicted molar refractivity (Wildman–Crippen MR) is 90.2 cm³/mol. The highest BCUT2D eigenvalue weighted by Crippen LogP contribution is 2.12. The van der Waals surface area contributed by atoms with Crippen LogP contribution in [-0.2, 0) is 13.1 Å². The van der Waals surface area contributed by atoms with Crippen LogP contribution in [0.4, 0.5) is 0 Å². The minimum Gasteiger partial charge on any atom is -0.478 e. The fourth-order valence-corrected chi connectivity index (χ4v) is 2.85. The molecule has 0 spiro atoms. The molecule has 1 fully saturated rings. The van der Waals surface area contributed by atoms with Crippen molar-refractivity contribution in [3.8, 4) is 5.88 Å². The molecule has 2 aromatic rings. The van der Waals surface area contributed by atoms with E-state index in [1.54, 1.807) is 0 Å². The average molecular weight is 312 g/mol. The van der Waals surface area contributed by atoms with Crippen LogP contribution in [0.2, 0.25) is 0 Å². The van der Waals surface area contributed by atoms with Crippen LogP contribution in [0, 0.1) is 0 Å². The molecule has 0 atom stereocenters. The van der Waals surface area contributed by atoms with Gasteiger partial charge in [-0.15, -0.1) is 0 Å². The Kier molecular flexibility index (Phi) is 5.56. The van der Waals surface area contributed by atoms with Crippen molar-refractivity contribution in [2.75, 3.05) is 32.8 Å². The van der Waals surface area contributed by atoms with Gasteiger partial charge in [0.2, 0.25) is 5.88 Å². The first-order valence-electron chi connectivity index (χ1n) is 8.26. The van der Waals surface area contributed by atoms with E-state index < -0.39 is 0 Å². The van der Waals surface area contributed by atoms with Gasteiger partial charge >= 0.3 is 0 Å². The summed E-state index contributed by atoms with van der Waals surface area (Å²) in [6.45, 7) is 8.87. The molecule has 0 aromatic carbocycles. The number of hydrogen-bond acceptors (Lipinski definition) is 5. The van der Waals surface area contributed by atoms with Crippen molar-refractivity contribution in [2.24, 2.45) is 0 Å². The summed E-state index contributed by atoms with van der Waals surface area (Å²) in [6, 6.07) is 10.2. The molecule has 3 heterocycles. The second kappa shape index (κ2) is 8.04. The van der Waals surface area contributed by atoms with Crippen molar-refractivity contribution >= 4 is 0 Å². The number of ether oxygens (including phenoxy) is 1. The third-order valence-corrected chi connectivity index (χ3v) is 4.08. The maximum Gasteiger partial charge on any atom is 0.213 e. The Morgan fingerprint density at radius 1 is 0.957 bits per heavy atom. The molecule has 2 aromatic heterocycles. The van der Waals surface area contributed by atoms with Gasteiger partial charge in [-0.2, -0.15) is 0 Å². The Balaban J connectivity index is 1.48. The smallest absolute Gasteiger partial charge is 0.213 e. The molecule has 23 heavy (non-hydrogen) atoms. The minimum atomic E-state index is 0.657. The highest BCUT2D eigenvalue weighted by atomic mass is 16.5. The number of nitrogens with zero attached hydrogens (tertiary/aromatic N) is 4. The summed E-state index contributed by atoms with van der Waals surface area (Å²) >= 11 is 0. The predicted octanol–water partition coefficient (Wildman–Crippen LogP) is 2.19. The lowest BCUT2D eigenvalue weighted by Crippen LogP contribution is -2.45. The maximum atomic E-state index is 5.48. The molecule has 1 aliphatic rings. The van der Waals surface area contributed by atoms with Crippen LogP contribution in [0.15, 0.2) is 42.7 Å². The van der Waals surface area contributed by atoms with Gasteiger partial charge < -0.3 is 4.74 Å². The van der Waals surface area contributed by atoms with Gasteiger partial charge in [-0.25, -0.2) is 4.98 Å². The largest absolute Gasteiger partial charge is 0.478 e. The van der Waals surface area contributed by atoms with Crippen LogP contribution in [0.3, 0.4) is 0 Å². The zero-order valence-corrected chi connectivity index (χ0v) is 13.7. The van der Waals surface area contributed by atoms with E-state index in [0.29, 0.717) is 6.61 Å². The lowest BCUT2D eigenvalue weighted by molar-refractivity contribution is 0.121. The number of hydrogen-bond donors (Lipinski definition) is 0. The standard InChI is InChI=1S/C18H24N4O/c1-2-23-18-5-3-4-17(20-18)15-22-12-10-21(11-13-22)14-16-6-8-19-9-7-16/h3-9H,2,10-15H2,1H3. The molecular formula is C18H24N4O. The molecule has 0 bridgehead atoms. The third kappa shape index (κ3) is 4.74. The summed E-state index contributed by atoms with van der Waals surface area (Å²) in [7, 11) is 0. The molecular weight excluding hydrogens is 288 g/mol. The van der Waals surface area contributed by atoms with Crippen molar-refractivity contribution in [3.63, 3.8) is 0 Å². The van der Waals surface area contributed by atoms with Crippen LogP contribution >= 0.6 is 0 Å². The highest BCUT2D eigenvalue weighted by molar-refractivity contribution is 5.16. The fourth-order valence-electron chi connectivity index (χ4n) is 2.85. The van der Waals surface area contributed by atoms with Crippen LogP contribution in [0.5, 0.6) is 5.88 Å². The first kappa shape index (κ1) is 15.9. The summed E-state index contributed by atoms with van der Waals surface area (Å²) in [4.78, 5) is 13.6. The lowest BCUT2D eigenvalue weighted by atomic mass is 10.2. The lowest BCUT2D eigenvalue weighted by Gasteiger charge is -2.34. The van der Waals surface area contributed by atoms with Crippen LogP contribution in [0.25, 0.3) is 0 Å². The maximum absolute atomic E-state index is 5.48. The Labute approximate surface area is 137 Å². The molecule has 0 unspecified atom stereocenters. The van der Waals surface area contributed by atoms with Gasteiger partial charge in [0, 0.05) is 57.7 Å². The molecule has 0 N–H and O–H groups in total. The average Bonchev–Trinajstić information content (AvgIpc) is 2.58. The van der Waals surface area contributed by atoms with Gasteiger partial charge in [0.1, 0.15) is 0 Å². The van der Waals surface area contributed by atoms with E-state index in [0.717, 1.165) is 50.8 Å². The Morgan fingerprint density at radius 3 is 2.35 bits per heavy atom. The molecule has 5 heteroatoms. The van der Waals surface area contributed by atoms with Crippen LogP contribution in [0.1, 0.15) is 18.2 Å². The zero-order valence-electron chi connectivity index (χ0n) is 13.7. The molecule has 0 radical (unpaired) electrons. The van der Waals surface area contributed by atoms with Crippen LogP contribution < -0.4 is 4.74 Å². The van der Waals surface area contributed by atoms with E-state index >= 15 is 0 Å². The molecule has 122 valence electrons. The second-order valence-corrected chi connectivity index (χ2v) is 5.81. The number of pyridine rings is 2. The Bertz CT molecular complexity index is 597. The van der Waals surface area contributed by atoms with E-state index in [2.05, 4.69) is 38.0 Å². The molecule has 1 saturated heterocycles. The molecule has 3 rings (SSSR count). The van der Waals surface area contributed by atoms with E-state index in [1.165, 1.54) is 5.56 Å². The van der Waals surface area contributed by atoms with Crippen LogP contribution in [-0.4, -0.2) is 52.6 Å². The minimum absolute atomic E-state index is 0.657. The van der Waals surface area contributed by atoms with Crippen molar-refractivity contribution in [3.05, 3.63) is 54.0 Å². The summed E-state index contributed by atoms with van der Waals surface area (Å²) < 4.78 is 5.48. The van der Waals surface area contributed by atoms with E-state index in [-0.39, 0.29) is 0 Å². The molecule has 0 saturated carbocycles. The third-order valence-electron chi connectivity index (χ3n) is 4.08. The molecule has 5 nitrogen and oxygen atoms in total. The molecule has 1 aliphatic heterocycles. The molecule has 0 amide bonds. The van der Waals surface area contributed by atoms with E-state index in [9.17, 15) is 0 Å². The second-order valence-electron chi connectivity index (χ2n) is 5.81. The van der Waals surface area contributed by atoms with Crippen molar-refractivity contribution in [1.29, 1.82) is 0 Å². The quantitative estimate of drug-likeness (QED) is 0.818.